The van der Waals surface area contributed by atoms with E-state index in [0.717, 1.165) is 24.0 Å². The fraction of sp³-hybridized carbons (Fsp3) is 0.733. The molecule has 0 spiro atoms. The Labute approximate surface area is 110 Å². The van der Waals surface area contributed by atoms with Crippen LogP contribution in [-0.2, 0) is 11.3 Å². The Morgan fingerprint density at radius 3 is 2.83 bits per heavy atom. The third-order valence-corrected chi connectivity index (χ3v) is 3.81. The summed E-state index contributed by atoms with van der Waals surface area (Å²) in [6.45, 7) is 3.70. The van der Waals surface area contributed by atoms with Crippen molar-refractivity contribution in [1.82, 2.24) is 5.32 Å². The van der Waals surface area contributed by atoms with Gasteiger partial charge in [0.1, 0.15) is 18.1 Å². The Morgan fingerprint density at radius 1 is 1.39 bits per heavy atom. The lowest BCUT2D eigenvalue weighted by Gasteiger charge is -2.19. The molecule has 102 valence electrons. The molecule has 1 unspecified atom stereocenters. The summed E-state index contributed by atoms with van der Waals surface area (Å²) in [4.78, 5) is 0. The molecule has 1 aliphatic carbocycles. The van der Waals surface area contributed by atoms with Crippen LogP contribution < -0.4 is 5.32 Å². The van der Waals surface area contributed by atoms with Crippen molar-refractivity contribution in [2.75, 3.05) is 13.7 Å². The number of methoxy groups -OCH3 is 1. The second-order valence-corrected chi connectivity index (χ2v) is 5.23. The minimum absolute atomic E-state index is 0.365. The van der Waals surface area contributed by atoms with Gasteiger partial charge in [-0.3, -0.25) is 0 Å². The molecular formula is C15H25NO2. The lowest BCUT2D eigenvalue weighted by molar-refractivity contribution is 0.160. The minimum Gasteiger partial charge on any atom is -0.462 e. The van der Waals surface area contributed by atoms with Crippen molar-refractivity contribution in [2.45, 2.75) is 51.7 Å². The summed E-state index contributed by atoms with van der Waals surface area (Å²) in [6, 6.07) is 4.48. The molecule has 0 aliphatic heterocycles. The largest absolute Gasteiger partial charge is 0.462 e. The first kappa shape index (κ1) is 13.6. The molecule has 0 saturated heterocycles. The summed E-state index contributed by atoms with van der Waals surface area (Å²) in [7, 11) is 1.70. The Bertz CT molecular complexity index is 342. The van der Waals surface area contributed by atoms with Gasteiger partial charge >= 0.3 is 0 Å². The lowest BCUT2D eigenvalue weighted by atomic mass is 9.97. The average Bonchev–Trinajstić information content (AvgIpc) is 3.00. The van der Waals surface area contributed by atoms with Crippen LogP contribution in [0.5, 0.6) is 0 Å². The van der Waals surface area contributed by atoms with Gasteiger partial charge < -0.3 is 14.5 Å². The van der Waals surface area contributed by atoms with Gasteiger partial charge in [-0.15, -0.1) is 0 Å². The molecular weight excluding hydrogens is 226 g/mol. The molecule has 0 radical (unpaired) electrons. The first-order valence-electron chi connectivity index (χ1n) is 7.14. The van der Waals surface area contributed by atoms with Crippen molar-refractivity contribution in [3.8, 4) is 0 Å². The maximum absolute atomic E-state index is 5.86. The number of rotatable bonds is 7. The molecule has 1 N–H and O–H groups in total. The molecule has 1 atom stereocenters. The van der Waals surface area contributed by atoms with Crippen LogP contribution in [0, 0.1) is 5.92 Å². The van der Waals surface area contributed by atoms with Crippen LogP contribution in [0.15, 0.2) is 16.5 Å². The molecule has 3 nitrogen and oxygen atoms in total. The van der Waals surface area contributed by atoms with Crippen LogP contribution in [0.4, 0.5) is 0 Å². The molecule has 1 aromatic rings. The van der Waals surface area contributed by atoms with Gasteiger partial charge in [0.25, 0.3) is 0 Å². The highest BCUT2D eigenvalue weighted by atomic mass is 16.5. The Balaban J connectivity index is 1.97. The van der Waals surface area contributed by atoms with Gasteiger partial charge in [-0.1, -0.05) is 32.6 Å². The van der Waals surface area contributed by atoms with Gasteiger partial charge in [-0.05, 0) is 31.0 Å². The Hall–Kier alpha value is -0.800. The molecule has 0 bridgehead atoms. The summed E-state index contributed by atoms with van der Waals surface area (Å²) in [5.41, 5.74) is 0. The van der Waals surface area contributed by atoms with E-state index in [1.165, 1.54) is 32.1 Å². The summed E-state index contributed by atoms with van der Waals surface area (Å²) < 4.78 is 11.0. The summed E-state index contributed by atoms with van der Waals surface area (Å²) >= 11 is 0. The molecule has 0 aromatic carbocycles. The Morgan fingerprint density at radius 2 is 2.17 bits per heavy atom. The van der Waals surface area contributed by atoms with E-state index in [2.05, 4.69) is 18.3 Å². The SMILES string of the molecule is CCNC(CC1CCCC1)c1ccc(COC)o1. The Kier molecular flexibility index (Phi) is 5.26. The topological polar surface area (TPSA) is 34.4 Å². The zero-order valence-corrected chi connectivity index (χ0v) is 11.6. The maximum atomic E-state index is 5.86. The highest BCUT2D eigenvalue weighted by molar-refractivity contribution is 5.10. The first-order valence-corrected chi connectivity index (χ1v) is 7.14. The second kappa shape index (κ2) is 6.95. The van der Waals surface area contributed by atoms with Crippen LogP contribution in [0.3, 0.4) is 0 Å². The monoisotopic (exact) mass is 251 g/mol. The van der Waals surface area contributed by atoms with Crippen LogP contribution in [-0.4, -0.2) is 13.7 Å². The molecule has 1 heterocycles. The summed E-state index contributed by atoms with van der Waals surface area (Å²) in [5.74, 6) is 2.85. The van der Waals surface area contributed by atoms with Crippen molar-refractivity contribution in [3.05, 3.63) is 23.7 Å². The summed E-state index contributed by atoms with van der Waals surface area (Å²) in [6.07, 6.45) is 6.77. The van der Waals surface area contributed by atoms with Crippen molar-refractivity contribution in [2.24, 2.45) is 5.92 Å². The highest BCUT2D eigenvalue weighted by Gasteiger charge is 2.22. The zero-order chi connectivity index (χ0) is 12.8. The van der Waals surface area contributed by atoms with E-state index < -0.39 is 0 Å². The van der Waals surface area contributed by atoms with Crippen LogP contribution in [0.1, 0.15) is 56.6 Å². The van der Waals surface area contributed by atoms with Gasteiger partial charge in [0.15, 0.2) is 0 Å². The molecule has 1 saturated carbocycles. The number of hydrogen-bond donors (Lipinski definition) is 1. The third-order valence-electron chi connectivity index (χ3n) is 3.81. The molecule has 18 heavy (non-hydrogen) atoms. The standard InChI is InChI=1S/C15H25NO2/c1-3-16-14(10-12-6-4-5-7-12)15-9-8-13(18-15)11-17-2/h8-9,12,14,16H,3-7,10-11H2,1-2H3. The molecule has 1 aliphatic rings. The van der Waals surface area contributed by atoms with E-state index in [-0.39, 0.29) is 0 Å². The minimum atomic E-state index is 0.365. The van der Waals surface area contributed by atoms with E-state index in [1.807, 2.05) is 6.07 Å². The third kappa shape index (κ3) is 3.59. The quantitative estimate of drug-likeness (QED) is 0.803. The number of nitrogens with one attached hydrogen (secondary N) is 1. The van der Waals surface area contributed by atoms with Crippen LogP contribution >= 0.6 is 0 Å². The lowest BCUT2D eigenvalue weighted by Crippen LogP contribution is -2.22. The fourth-order valence-corrected chi connectivity index (χ4v) is 2.93. The van der Waals surface area contributed by atoms with Gasteiger partial charge in [0.2, 0.25) is 0 Å². The van der Waals surface area contributed by atoms with Crippen molar-refractivity contribution >= 4 is 0 Å². The van der Waals surface area contributed by atoms with E-state index in [4.69, 9.17) is 9.15 Å². The van der Waals surface area contributed by atoms with Gasteiger partial charge in [-0.2, -0.15) is 0 Å². The van der Waals surface area contributed by atoms with Crippen LogP contribution in [0.25, 0.3) is 0 Å². The van der Waals surface area contributed by atoms with E-state index in [9.17, 15) is 0 Å². The average molecular weight is 251 g/mol. The predicted molar refractivity (Wildman–Crippen MR) is 72.4 cm³/mol. The number of furan rings is 1. The molecule has 0 amide bonds. The van der Waals surface area contributed by atoms with E-state index >= 15 is 0 Å². The molecule has 1 fully saturated rings. The van der Waals surface area contributed by atoms with Crippen molar-refractivity contribution in [3.63, 3.8) is 0 Å². The summed E-state index contributed by atoms with van der Waals surface area (Å²) in [5, 5.41) is 3.55. The normalized spacial score (nSPS) is 18.3. The predicted octanol–water partition coefficient (Wildman–Crippen LogP) is 3.66. The van der Waals surface area contributed by atoms with E-state index in [0.29, 0.717) is 12.6 Å². The molecule has 2 rings (SSSR count). The first-order chi connectivity index (χ1) is 8.83. The smallest absolute Gasteiger partial charge is 0.129 e. The maximum Gasteiger partial charge on any atom is 0.129 e. The van der Waals surface area contributed by atoms with Gasteiger partial charge in [-0.25, -0.2) is 0 Å². The van der Waals surface area contributed by atoms with Crippen molar-refractivity contribution in [1.29, 1.82) is 0 Å². The van der Waals surface area contributed by atoms with E-state index in [1.54, 1.807) is 7.11 Å². The van der Waals surface area contributed by atoms with Gasteiger partial charge in [0, 0.05) is 7.11 Å². The zero-order valence-electron chi connectivity index (χ0n) is 11.6. The van der Waals surface area contributed by atoms with Gasteiger partial charge in [0.05, 0.1) is 6.04 Å². The molecule has 1 aromatic heterocycles. The second-order valence-electron chi connectivity index (χ2n) is 5.23. The van der Waals surface area contributed by atoms with Crippen molar-refractivity contribution < 1.29 is 9.15 Å². The fourth-order valence-electron chi connectivity index (χ4n) is 2.93. The number of hydrogen-bond acceptors (Lipinski definition) is 3. The number of ether oxygens (including phenoxy) is 1. The van der Waals surface area contributed by atoms with Crippen LogP contribution in [0.2, 0.25) is 0 Å². The highest BCUT2D eigenvalue weighted by Crippen LogP contribution is 2.33. The molecule has 3 heteroatoms.